The number of carbonyl (C=O) groups is 4. The molecule has 40 heavy (non-hydrogen) atoms. The zero-order valence-electron chi connectivity index (χ0n) is 26.2. The predicted octanol–water partition coefficient (Wildman–Crippen LogP) is 3.25. The molecule has 0 aliphatic carbocycles. The summed E-state index contributed by atoms with van der Waals surface area (Å²) < 4.78 is 6.17. The first-order valence-corrected chi connectivity index (χ1v) is 15.5. The molecular formula is C30H57N3O6S. The molecule has 0 rings (SSSR count). The van der Waals surface area contributed by atoms with Gasteiger partial charge in [-0.25, -0.2) is 0 Å². The second kappa shape index (κ2) is 19.3. The third kappa shape index (κ3) is 17.1. The highest BCUT2D eigenvalue weighted by atomic mass is 32.1. The van der Waals surface area contributed by atoms with Gasteiger partial charge >= 0.3 is 5.97 Å². The SMILES string of the molecule is CCCC(S)CCCCC(=O)NCCOC(=O)C(C)(CC)CC(C)(C)C(=O)NCCC[N+](C)(C)CCCC(=O)[O-]. The zero-order chi connectivity index (χ0) is 30.8. The van der Waals surface area contributed by atoms with E-state index in [1.165, 1.54) is 0 Å². The van der Waals surface area contributed by atoms with E-state index < -0.39 is 16.8 Å². The minimum Gasteiger partial charge on any atom is -0.550 e. The third-order valence-electron chi connectivity index (χ3n) is 7.56. The molecule has 0 fully saturated rings. The lowest BCUT2D eigenvalue weighted by molar-refractivity contribution is -0.890. The number of esters is 1. The molecule has 0 bridgehead atoms. The number of hydrogen-bond donors (Lipinski definition) is 3. The number of carboxylic acids is 1. The summed E-state index contributed by atoms with van der Waals surface area (Å²) in [5, 5.41) is 16.8. The fourth-order valence-electron chi connectivity index (χ4n) is 4.85. The average Bonchev–Trinajstić information content (AvgIpc) is 2.86. The van der Waals surface area contributed by atoms with Crippen molar-refractivity contribution in [2.24, 2.45) is 10.8 Å². The van der Waals surface area contributed by atoms with Gasteiger partial charge in [0.1, 0.15) is 6.61 Å². The maximum Gasteiger partial charge on any atom is 0.311 e. The molecule has 0 saturated carbocycles. The van der Waals surface area contributed by atoms with Crippen molar-refractivity contribution in [1.29, 1.82) is 0 Å². The largest absolute Gasteiger partial charge is 0.550 e. The second-order valence-corrected chi connectivity index (χ2v) is 13.3. The first-order chi connectivity index (χ1) is 18.6. The monoisotopic (exact) mass is 587 g/mol. The van der Waals surface area contributed by atoms with E-state index in [-0.39, 0.29) is 37.4 Å². The van der Waals surface area contributed by atoms with Crippen molar-refractivity contribution in [3.8, 4) is 0 Å². The van der Waals surface area contributed by atoms with Crippen LogP contribution in [0.3, 0.4) is 0 Å². The molecule has 2 atom stereocenters. The van der Waals surface area contributed by atoms with Crippen molar-refractivity contribution in [2.45, 2.75) is 110 Å². The van der Waals surface area contributed by atoms with Crippen LogP contribution >= 0.6 is 12.6 Å². The number of unbranched alkanes of at least 4 members (excludes halogenated alkanes) is 1. The molecule has 0 spiro atoms. The third-order valence-corrected chi connectivity index (χ3v) is 8.08. The predicted molar refractivity (Wildman–Crippen MR) is 161 cm³/mol. The number of ether oxygens (including phenoxy) is 1. The molecule has 2 amide bonds. The number of carbonyl (C=O) groups excluding carboxylic acids is 4. The molecule has 2 N–H and O–H groups in total. The van der Waals surface area contributed by atoms with Gasteiger partial charge < -0.3 is 29.8 Å². The van der Waals surface area contributed by atoms with Crippen LogP contribution < -0.4 is 15.7 Å². The van der Waals surface area contributed by atoms with Crippen LogP contribution in [0.25, 0.3) is 0 Å². The van der Waals surface area contributed by atoms with Gasteiger partial charge in [-0.15, -0.1) is 0 Å². The Morgan fingerprint density at radius 1 is 0.900 bits per heavy atom. The maximum atomic E-state index is 13.0. The fraction of sp³-hybridized carbons (Fsp3) is 0.867. The fourth-order valence-corrected chi connectivity index (χ4v) is 5.29. The summed E-state index contributed by atoms with van der Waals surface area (Å²) in [5.74, 6) is -1.56. The quantitative estimate of drug-likeness (QED) is 0.0730. The number of hydrogen-bond acceptors (Lipinski definition) is 7. The molecule has 0 aromatic rings. The van der Waals surface area contributed by atoms with E-state index in [0.29, 0.717) is 42.0 Å². The first kappa shape index (κ1) is 38.2. The summed E-state index contributed by atoms with van der Waals surface area (Å²) in [5.41, 5.74) is -1.61. The Balaban J connectivity index is 4.47. The lowest BCUT2D eigenvalue weighted by Crippen LogP contribution is -2.45. The molecule has 0 heterocycles. The van der Waals surface area contributed by atoms with Crippen LogP contribution in [0.15, 0.2) is 0 Å². The molecule has 0 aliphatic rings. The van der Waals surface area contributed by atoms with E-state index in [2.05, 4.69) is 30.2 Å². The average molecular weight is 588 g/mol. The van der Waals surface area contributed by atoms with Gasteiger partial charge in [-0.05, 0) is 45.4 Å². The van der Waals surface area contributed by atoms with Crippen molar-refractivity contribution < 1.29 is 33.5 Å². The number of quaternary nitrogens is 1. The van der Waals surface area contributed by atoms with Gasteiger partial charge in [0.15, 0.2) is 0 Å². The maximum absolute atomic E-state index is 13.0. The number of thiol groups is 1. The number of rotatable bonds is 23. The molecule has 0 radical (unpaired) electrons. The van der Waals surface area contributed by atoms with E-state index in [1.807, 2.05) is 41.8 Å². The number of aliphatic carboxylic acids is 1. The molecule has 10 heteroatoms. The van der Waals surface area contributed by atoms with Crippen LogP contribution in [-0.2, 0) is 23.9 Å². The minimum absolute atomic E-state index is 0.0435. The van der Waals surface area contributed by atoms with Gasteiger partial charge in [-0.3, -0.25) is 14.4 Å². The van der Waals surface area contributed by atoms with Crippen LogP contribution in [0.5, 0.6) is 0 Å². The number of nitrogens with zero attached hydrogens (tertiary/aromatic N) is 1. The van der Waals surface area contributed by atoms with E-state index in [4.69, 9.17) is 4.74 Å². The molecule has 0 aromatic heterocycles. The Morgan fingerprint density at radius 2 is 1.55 bits per heavy atom. The standard InChI is InChI=1S/C30H57N3O6S/c1-8-14-24(40)15-10-11-16-25(34)31-19-22-39-28(38)30(5,9-2)23-29(3,4)27(37)32-18-13-21-33(6,7)20-12-17-26(35)36/h24H,8-23H2,1-7H3,(H3-,31,32,34,35,36,37,40). The van der Waals surface area contributed by atoms with Gasteiger partial charge in [0.2, 0.25) is 11.8 Å². The van der Waals surface area contributed by atoms with E-state index in [9.17, 15) is 24.3 Å². The normalized spacial score (nSPS) is 14.2. The highest BCUT2D eigenvalue weighted by Crippen LogP contribution is 2.37. The van der Waals surface area contributed by atoms with Crippen LogP contribution in [0.2, 0.25) is 0 Å². The Hall–Kier alpha value is -1.81. The van der Waals surface area contributed by atoms with Crippen molar-refractivity contribution in [2.75, 3.05) is 46.9 Å². The minimum atomic E-state index is -1.03. The summed E-state index contributed by atoms with van der Waals surface area (Å²) in [6.45, 7) is 11.9. The summed E-state index contributed by atoms with van der Waals surface area (Å²) in [4.78, 5) is 48.6. The number of nitrogens with one attached hydrogen (secondary N) is 2. The van der Waals surface area contributed by atoms with Crippen LogP contribution in [0.1, 0.15) is 105 Å². The van der Waals surface area contributed by atoms with Crippen LogP contribution in [-0.4, -0.2) is 80.4 Å². The Labute approximate surface area is 248 Å². The summed E-state index contributed by atoms with van der Waals surface area (Å²) in [7, 11) is 4.08. The van der Waals surface area contributed by atoms with Crippen LogP contribution in [0, 0.1) is 10.8 Å². The van der Waals surface area contributed by atoms with E-state index in [0.717, 1.165) is 51.6 Å². The molecule has 0 aliphatic heterocycles. The topological polar surface area (TPSA) is 125 Å². The summed E-state index contributed by atoms with van der Waals surface area (Å²) in [6.07, 6.45) is 7.69. The zero-order valence-corrected chi connectivity index (χ0v) is 27.1. The molecule has 9 nitrogen and oxygen atoms in total. The van der Waals surface area contributed by atoms with Gasteiger partial charge in [-0.2, -0.15) is 12.6 Å². The van der Waals surface area contributed by atoms with Gasteiger partial charge in [-0.1, -0.05) is 40.5 Å². The Kier molecular flexibility index (Phi) is 18.5. The molecule has 0 saturated heterocycles. The lowest BCUT2D eigenvalue weighted by atomic mass is 9.72. The highest BCUT2D eigenvalue weighted by Gasteiger charge is 2.42. The molecule has 0 aromatic carbocycles. The van der Waals surface area contributed by atoms with Gasteiger partial charge in [0, 0.05) is 42.4 Å². The highest BCUT2D eigenvalue weighted by molar-refractivity contribution is 7.80. The lowest BCUT2D eigenvalue weighted by Gasteiger charge is -2.34. The Bertz CT molecular complexity index is 789. The van der Waals surface area contributed by atoms with E-state index >= 15 is 0 Å². The van der Waals surface area contributed by atoms with Crippen molar-refractivity contribution in [3.05, 3.63) is 0 Å². The molecular weight excluding hydrogens is 530 g/mol. The van der Waals surface area contributed by atoms with Gasteiger partial charge in [0.25, 0.3) is 0 Å². The van der Waals surface area contributed by atoms with Crippen molar-refractivity contribution in [1.82, 2.24) is 10.6 Å². The smallest absolute Gasteiger partial charge is 0.311 e. The van der Waals surface area contributed by atoms with Crippen LogP contribution in [0.4, 0.5) is 0 Å². The summed E-state index contributed by atoms with van der Waals surface area (Å²) in [6, 6.07) is 0. The van der Waals surface area contributed by atoms with E-state index in [1.54, 1.807) is 0 Å². The number of carboxylic acid groups (broad SMARTS) is 1. The van der Waals surface area contributed by atoms with Gasteiger partial charge in [0.05, 0.1) is 39.1 Å². The first-order valence-electron chi connectivity index (χ1n) is 15.0. The molecule has 2 unspecified atom stereocenters. The molecule has 234 valence electrons. The summed E-state index contributed by atoms with van der Waals surface area (Å²) >= 11 is 4.55. The second-order valence-electron chi connectivity index (χ2n) is 12.6. The number of amides is 2. The van der Waals surface area contributed by atoms with Crippen molar-refractivity contribution in [3.63, 3.8) is 0 Å². The Morgan fingerprint density at radius 3 is 2.15 bits per heavy atom. The van der Waals surface area contributed by atoms with Crippen molar-refractivity contribution >= 4 is 36.4 Å².